The van der Waals surface area contributed by atoms with Gasteiger partial charge in [-0.15, -0.1) is 0 Å². The van der Waals surface area contributed by atoms with Crippen LogP contribution in [0.25, 0.3) is 0 Å². The smallest absolute Gasteiger partial charge is 0.146 e. The Morgan fingerprint density at radius 3 is 2.75 bits per heavy atom. The lowest BCUT2D eigenvalue weighted by molar-refractivity contribution is -0.118. The zero-order valence-corrected chi connectivity index (χ0v) is 7.21. The number of ketones is 1. The van der Waals surface area contributed by atoms with E-state index in [4.69, 9.17) is 11.5 Å². The molecule has 68 valence electrons. The summed E-state index contributed by atoms with van der Waals surface area (Å²) in [6.45, 7) is 4.88. The van der Waals surface area contributed by atoms with Crippen molar-refractivity contribution in [3.8, 4) is 0 Å². The Kier molecular flexibility index (Phi) is 4.79. The van der Waals surface area contributed by atoms with Crippen LogP contribution in [0.3, 0.4) is 0 Å². The molecule has 0 amide bonds. The van der Waals surface area contributed by atoms with E-state index in [0.29, 0.717) is 12.1 Å². The molecule has 0 aliphatic heterocycles. The predicted molar refractivity (Wildman–Crippen MR) is 48.9 cm³/mol. The van der Waals surface area contributed by atoms with Gasteiger partial charge in [-0.25, -0.2) is 0 Å². The molecule has 0 fully saturated rings. The molecule has 0 aromatic carbocycles. The van der Waals surface area contributed by atoms with Crippen molar-refractivity contribution >= 4 is 5.78 Å². The highest BCUT2D eigenvalue weighted by molar-refractivity contribution is 5.81. The van der Waals surface area contributed by atoms with Gasteiger partial charge in [0.15, 0.2) is 0 Å². The molecule has 4 nitrogen and oxygen atoms in total. The van der Waals surface area contributed by atoms with Gasteiger partial charge in [0.2, 0.25) is 0 Å². The molecule has 0 aromatic rings. The quantitative estimate of drug-likeness (QED) is 0.533. The van der Waals surface area contributed by atoms with Crippen molar-refractivity contribution in [1.82, 2.24) is 5.32 Å². The summed E-state index contributed by atoms with van der Waals surface area (Å²) >= 11 is 0. The summed E-state index contributed by atoms with van der Waals surface area (Å²) in [5, 5.41) is 2.70. The van der Waals surface area contributed by atoms with E-state index in [1.165, 1.54) is 13.1 Å². The van der Waals surface area contributed by atoms with Crippen LogP contribution >= 0.6 is 0 Å². The first kappa shape index (κ1) is 10.7. The number of nitrogens with two attached hydrogens (primary N) is 2. The lowest BCUT2D eigenvalue weighted by atomic mass is 10.1. The van der Waals surface area contributed by atoms with Crippen molar-refractivity contribution in [3.63, 3.8) is 0 Å². The SMILES string of the molecule is C=CN/C=C(\N)C[C@@H](N)C(C)=O. The van der Waals surface area contributed by atoms with Gasteiger partial charge in [0.25, 0.3) is 0 Å². The lowest BCUT2D eigenvalue weighted by Crippen LogP contribution is -2.30. The fourth-order valence-corrected chi connectivity index (χ4v) is 0.623. The minimum atomic E-state index is -0.507. The summed E-state index contributed by atoms with van der Waals surface area (Å²) in [6.07, 6.45) is 3.43. The van der Waals surface area contributed by atoms with Crippen molar-refractivity contribution in [2.24, 2.45) is 11.5 Å². The Morgan fingerprint density at radius 1 is 1.75 bits per heavy atom. The molecule has 0 aromatic heterocycles. The Bertz CT molecular complexity index is 198. The fraction of sp³-hybridized carbons (Fsp3) is 0.375. The van der Waals surface area contributed by atoms with Crippen LogP contribution in [0.5, 0.6) is 0 Å². The summed E-state index contributed by atoms with van der Waals surface area (Å²) < 4.78 is 0. The van der Waals surface area contributed by atoms with Crippen molar-refractivity contribution < 1.29 is 4.79 Å². The summed E-state index contributed by atoms with van der Waals surface area (Å²) in [5.74, 6) is -0.0649. The van der Waals surface area contributed by atoms with Crippen LogP contribution in [0.2, 0.25) is 0 Å². The molecule has 0 bridgehead atoms. The Morgan fingerprint density at radius 2 is 2.33 bits per heavy atom. The van der Waals surface area contributed by atoms with Crippen molar-refractivity contribution in [2.75, 3.05) is 0 Å². The molecule has 0 radical (unpaired) electrons. The van der Waals surface area contributed by atoms with E-state index in [1.807, 2.05) is 0 Å². The topological polar surface area (TPSA) is 81.1 Å². The van der Waals surface area contributed by atoms with Crippen molar-refractivity contribution in [2.45, 2.75) is 19.4 Å². The molecule has 12 heavy (non-hydrogen) atoms. The highest BCUT2D eigenvalue weighted by Gasteiger charge is 2.08. The monoisotopic (exact) mass is 169 g/mol. The molecule has 0 aliphatic rings. The summed E-state index contributed by atoms with van der Waals surface area (Å²) in [5.41, 5.74) is 11.5. The van der Waals surface area contributed by atoms with Gasteiger partial charge < -0.3 is 16.8 Å². The molecular formula is C8H15N3O. The molecule has 0 saturated heterocycles. The fourth-order valence-electron chi connectivity index (χ4n) is 0.623. The van der Waals surface area contributed by atoms with Crippen molar-refractivity contribution in [1.29, 1.82) is 0 Å². The second-order valence-electron chi connectivity index (χ2n) is 2.51. The third kappa shape index (κ3) is 4.51. The van der Waals surface area contributed by atoms with Gasteiger partial charge in [0.05, 0.1) is 6.04 Å². The van der Waals surface area contributed by atoms with E-state index >= 15 is 0 Å². The third-order valence-corrected chi connectivity index (χ3v) is 1.36. The minimum Gasteiger partial charge on any atom is -0.401 e. The van der Waals surface area contributed by atoms with Crippen LogP contribution in [0.4, 0.5) is 0 Å². The van der Waals surface area contributed by atoms with Gasteiger partial charge in [-0.05, 0) is 13.1 Å². The van der Waals surface area contributed by atoms with E-state index in [-0.39, 0.29) is 5.78 Å². The second kappa shape index (κ2) is 5.37. The minimum absolute atomic E-state index is 0.0649. The van der Waals surface area contributed by atoms with E-state index in [2.05, 4.69) is 11.9 Å². The zero-order valence-electron chi connectivity index (χ0n) is 7.21. The maximum Gasteiger partial charge on any atom is 0.146 e. The van der Waals surface area contributed by atoms with Crippen LogP contribution in [-0.2, 0) is 4.79 Å². The van der Waals surface area contributed by atoms with Gasteiger partial charge in [-0.1, -0.05) is 6.58 Å². The van der Waals surface area contributed by atoms with Gasteiger partial charge in [0, 0.05) is 18.3 Å². The average molecular weight is 169 g/mol. The number of hydrogen-bond acceptors (Lipinski definition) is 4. The first-order valence-electron chi connectivity index (χ1n) is 3.65. The molecule has 0 unspecified atom stereocenters. The maximum atomic E-state index is 10.7. The first-order chi connectivity index (χ1) is 5.57. The Balaban J connectivity index is 3.90. The van der Waals surface area contributed by atoms with Crippen LogP contribution in [0.1, 0.15) is 13.3 Å². The third-order valence-electron chi connectivity index (χ3n) is 1.36. The molecule has 4 heteroatoms. The molecular weight excluding hydrogens is 154 g/mol. The normalized spacial score (nSPS) is 13.7. The highest BCUT2D eigenvalue weighted by Crippen LogP contribution is 1.96. The number of nitrogens with one attached hydrogen (secondary N) is 1. The van der Waals surface area contributed by atoms with Crippen LogP contribution in [0.15, 0.2) is 24.7 Å². The summed E-state index contributed by atoms with van der Waals surface area (Å²) in [7, 11) is 0. The van der Waals surface area contributed by atoms with Crippen LogP contribution in [0, 0.1) is 0 Å². The van der Waals surface area contributed by atoms with E-state index in [1.54, 1.807) is 6.20 Å². The summed E-state index contributed by atoms with van der Waals surface area (Å²) in [6, 6.07) is -0.507. The van der Waals surface area contributed by atoms with Gasteiger partial charge in [0.1, 0.15) is 5.78 Å². The Labute approximate surface area is 72.3 Å². The molecule has 0 saturated carbocycles. The molecule has 0 spiro atoms. The average Bonchev–Trinajstić information content (AvgIpc) is 2.00. The van der Waals surface area contributed by atoms with E-state index in [0.717, 1.165) is 0 Å². The number of Topliss-reactive ketones (excluding diaryl/α,β-unsaturated/α-hetero) is 1. The molecule has 0 rings (SSSR count). The number of carbonyl (C=O) groups is 1. The van der Waals surface area contributed by atoms with Crippen LogP contribution < -0.4 is 16.8 Å². The second-order valence-corrected chi connectivity index (χ2v) is 2.51. The lowest BCUT2D eigenvalue weighted by Gasteiger charge is -2.06. The standard InChI is InChI=1S/C8H15N3O/c1-3-11-5-7(9)4-8(10)6(2)12/h3,5,8,11H,1,4,9-10H2,2H3/b7-5-/t8-/m1/s1. The number of carbonyl (C=O) groups excluding carboxylic acids is 1. The zero-order chi connectivity index (χ0) is 9.56. The molecule has 0 aliphatic carbocycles. The van der Waals surface area contributed by atoms with Gasteiger partial charge >= 0.3 is 0 Å². The summed E-state index contributed by atoms with van der Waals surface area (Å²) in [4.78, 5) is 10.7. The van der Waals surface area contributed by atoms with Crippen molar-refractivity contribution in [3.05, 3.63) is 24.7 Å². The number of rotatable bonds is 5. The maximum absolute atomic E-state index is 10.7. The predicted octanol–water partition coefficient (Wildman–Crippen LogP) is -0.174. The van der Waals surface area contributed by atoms with E-state index in [9.17, 15) is 4.79 Å². The van der Waals surface area contributed by atoms with Crippen LogP contribution in [-0.4, -0.2) is 11.8 Å². The van der Waals surface area contributed by atoms with Gasteiger partial charge in [-0.2, -0.15) is 0 Å². The highest BCUT2D eigenvalue weighted by atomic mass is 16.1. The molecule has 5 N–H and O–H groups in total. The van der Waals surface area contributed by atoms with Gasteiger partial charge in [-0.3, -0.25) is 4.79 Å². The number of hydrogen-bond donors (Lipinski definition) is 3. The first-order valence-corrected chi connectivity index (χ1v) is 3.65. The Hall–Kier alpha value is -1.29. The largest absolute Gasteiger partial charge is 0.401 e. The molecule has 1 atom stereocenters. The van der Waals surface area contributed by atoms with E-state index < -0.39 is 6.04 Å². The molecule has 0 heterocycles.